The Kier molecular flexibility index (Phi) is 8.55. The van der Waals surface area contributed by atoms with Gasteiger partial charge in [-0.15, -0.1) is 0 Å². The molecular formula is C24H25F3N4O3S. The molecule has 0 bridgehead atoms. The molecule has 0 radical (unpaired) electrons. The summed E-state index contributed by atoms with van der Waals surface area (Å²) in [5.41, 5.74) is 1.08. The zero-order valence-electron chi connectivity index (χ0n) is 18.7. The lowest BCUT2D eigenvalue weighted by Crippen LogP contribution is -2.47. The molecule has 3 rings (SSSR count). The van der Waals surface area contributed by atoms with Crippen LogP contribution in [0.25, 0.3) is 0 Å². The molecule has 1 aliphatic rings. The highest BCUT2D eigenvalue weighted by Gasteiger charge is 2.40. The third-order valence-electron chi connectivity index (χ3n) is 5.78. The standard InChI is InChI=1S/C24H25F3N4O3S/c25-24(26,27)20(28)35-21(29)30-19(32)15-23(18-9-5-2-6-10-18)11-13-31(14-12-23)22(33)34-16-17-7-3-1-4-8-17/h1-10,28H,11-16H2,(H2,29,30,32). The van der Waals surface area contributed by atoms with Crippen LogP contribution in [0.2, 0.25) is 0 Å². The van der Waals surface area contributed by atoms with E-state index in [1.165, 1.54) is 0 Å². The van der Waals surface area contributed by atoms with Crippen LogP contribution in [0.3, 0.4) is 0 Å². The molecule has 1 fully saturated rings. The van der Waals surface area contributed by atoms with Gasteiger partial charge >= 0.3 is 12.3 Å². The number of amides is 2. The summed E-state index contributed by atoms with van der Waals surface area (Å²) >= 11 is -0.160. The lowest BCUT2D eigenvalue weighted by Gasteiger charge is -2.41. The number of alkyl halides is 3. The van der Waals surface area contributed by atoms with Crippen molar-refractivity contribution in [3.8, 4) is 0 Å². The molecule has 2 amide bonds. The molecule has 3 N–H and O–H groups in total. The van der Waals surface area contributed by atoms with Crippen molar-refractivity contribution in [1.29, 1.82) is 10.8 Å². The van der Waals surface area contributed by atoms with Crippen molar-refractivity contribution in [1.82, 2.24) is 10.2 Å². The third kappa shape index (κ3) is 7.32. The summed E-state index contributed by atoms with van der Waals surface area (Å²) in [7, 11) is 0. The number of carbonyl (C=O) groups excluding carboxylic acids is 2. The van der Waals surface area contributed by atoms with Crippen molar-refractivity contribution >= 4 is 34.0 Å². The van der Waals surface area contributed by atoms with E-state index in [-0.39, 0.29) is 24.8 Å². The van der Waals surface area contributed by atoms with Gasteiger partial charge in [-0.25, -0.2) is 4.79 Å². The molecule has 0 saturated carbocycles. The van der Waals surface area contributed by atoms with E-state index >= 15 is 0 Å². The van der Waals surface area contributed by atoms with Gasteiger partial charge < -0.3 is 15.0 Å². The first-order chi connectivity index (χ1) is 16.6. The van der Waals surface area contributed by atoms with Crippen LogP contribution in [0, 0.1) is 10.8 Å². The number of hydrogen-bond donors (Lipinski definition) is 3. The minimum atomic E-state index is -4.88. The maximum Gasteiger partial charge on any atom is 0.439 e. The van der Waals surface area contributed by atoms with Gasteiger partial charge in [0.15, 0.2) is 10.2 Å². The molecule has 186 valence electrons. The second-order valence-corrected chi connectivity index (χ2v) is 9.18. The first-order valence-electron chi connectivity index (χ1n) is 10.8. The number of ether oxygens (including phenoxy) is 1. The molecule has 35 heavy (non-hydrogen) atoms. The number of rotatable bonds is 5. The highest BCUT2D eigenvalue weighted by atomic mass is 32.2. The summed E-state index contributed by atoms with van der Waals surface area (Å²) in [4.78, 5) is 26.8. The van der Waals surface area contributed by atoms with Crippen molar-refractivity contribution in [2.24, 2.45) is 0 Å². The predicted molar refractivity (Wildman–Crippen MR) is 127 cm³/mol. The van der Waals surface area contributed by atoms with Crippen LogP contribution in [0.1, 0.15) is 30.4 Å². The van der Waals surface area contributed by atoms with E-state index in [1.807, 2.05) is 60.7 Å². The summed E-state index contributed by atoms with van der Waals surface area (Å²) in [6.45, 7) is 0.816. The number of halogens is 3. The maximum absolute atomic E-state index is 12.7. The Morgan fingerprint density at radius 3 is 2.14 bits per heavy atom. The van der Waals surface area contributed by atoms with Gasteiger partial charge in [0.05, 0.1) is 0 Å². The lowest BCUT2D eigenvalue weighted by atomic mass is 9.70. The normalized spacial score (nSPS) is 15.2. The SMILES string of the molecule is N=C(NC(=O)CC1(c2ccccc2)CCN(C(=O)OCc2ccccc2)CC1)SC(=N)C(F)(F)F. The highest BCUT2D eigenvalue weighted by Crippen LogP contribution is 2.39. The highest BCUT2D eigenvalue weighted by molar-refractivity contribution is 8.26. The molecule has 0 atom stereocenters. The van der Waals surface area contributed by atoms with Crippen LogP contribution in [0.15, 0.2) is 60.7 Å². The number of piperidine rings is 1. The molecular weight excluding hydrogens is 481 g/mol. The zero-order valence-corrected chi connectivity index (χ0v) is 19.5. The van der Waals surface area contributed by atoms with E-state index in [0.717, 1.165) is 11.1 Å². The molecule has 11 heteroatoms. The fourth-order valence-corrected chi connectivity index (χ4v) is 4.44. The second-order valence-electron chi connectivity index (χ2n) is 8.16. The number of benzene rings is 2. The number of nitrogens with one attached hydrogen (secondary N) is 3. The predicted octanol–water partition coefficient (Wildman–Crippen LogP) is 5.07. The Morgan fingerprint density at radius 1 is 1.00 bits per heavy atom. The summed E-state index contributed by atoms with van der Waals surface area (Å²) in [6, 6.07) is 18.5. The Bertz CT molecular complexity index is 1060. The van der Waals surface area contributed by atoms with E-state index in [0.29, 0.717) is 25.9 Å². The first-order valence-corrected chi connectivity index (χ1v) is 11.6. The molecule has 0 aromatic heterocycles. The number of nitrogens with zero attached hydrogens (tertiary/aromatic N) is 1. The van der Waals surface area contributed by atoms with Crippen LogP contribution in [0.4, 0.5) is 18.0 Å². The zero-order chi connectivity index (χ0) is 25.5. The van der Waals surface area contributed by atoms with Crippen LogP contribution >= 0.6 is 11.8 Å². The van der Waals surface area contributed by atoms with Gasteiger partial charge in [-0.3, -0.25) is 15.6 Å². The van der Waals surface area contributed by atoms with Crippen molar-refractivity contribution in [2.45, 2.75) is 37.5 Å². The first kappa shape index (κ1) is 26.3. The smallest absolute Gasteiger partial charge is 0.439 e. The Hall–Kier alpha value is -3.34. The van der Waals surface area contributed by atoms with E-state index in [1.54, 1.807) is 4.90 Å². The minimum absolute atomic E-state index is 0.0772. The molecule has 7 nitrogen and oxygen atoms in total. The Morgan fingerprint density at radius 2 is 1.57 bits per heavy atom. The van der Waals surface area contributed by atoms with Gasteiger partial charge in [-0.2, -0.15) is 13.2 Å². The van der Waals surface area contributed by atoms with Gasteiger partial charge in [0, 0.05) is 24.9 Å². The molecule has 0 aliphatic carbocycles. The molecule has 2 aromatic carbocycles. The van der Waals surface area contributed by atoms with Crippen LogP contribution in [0.5, 0.6) is 0 Å². The number of hydrogen-bond acceptors (Lipinski definition) is 6. The van der Waals surface area contributed by atoms with E-state index in [9.17, 15) is 22.8 Å². The van der Waals surface area contributed by atoms with Crippen LogP contribution in [-0.4, -0.2) is 46.4 Å². The maximum atomic E-state index is 12.7. The number of likely N-dealkylation sites (tertiary alicyclic amines) is 1. The molecule has 1 aliphatic heterocycles. The summed E-state index contributed by atoms with van der Waals surface area (Å²) < 4.78 is 43.1. The average molecular weight is 507 g/mol. The lowest BCUT2D eigenvalue weighted by molar-refractivity contribution is -0.121. The van der Waals surface area contributed by atoms with Crippen molar-refractivity contribution in [3.05, 3.63) is 71.8 Å². The molecule has 0 spiro atoms. The molecule has 0 unspecified atom stereocenters. The van der Waals surface area contributed by atoms with E-state index in [4.69, 9.17) is 15.6 Å². The third-order valence-corrected chi connectivity index (χ3v) is 6.53. The van der Waals surface area contributed by atoms with Crippen LogP contribution < -0.4 is 5.32 Å². The Balaban J connectivity index is 1.62. The van der Waals surface area contributed by atoms with Crippen molar-refractivity contribution in [2.75, 3.05) is 13.1 Å². The molecule has 2 aromatic rings. The van der Waals surface area contributed by atoms with Gasteiger partial charge in [-0.1, -0.05) is 60.7 Å². The fourth-order valence-electron chi connectivity index (χ4n) is 3.95. The number of thioether (sulfide) groups is 1. The van der Waals surface area contributed by atoms with Gasteiger partial charge in [0.2, 0.25) is 5.91 Å². The summed E-state index contributed by atoms with van der Waals surface area (Å²) in [5, 5.41) is 14.3. The van der Waals surface area contributed by atoms with Crippen molar-refractivity contribution < 1.29 is 27.5 Å². The van der Waals surface area contributed by atoms with Gasteiger partial charge in [0.25, 0.3) is 0 Å². The number of amidine groups is 1. The quantitative estimate of drug-likeness (QED) is 0.389. The number of carbonyl (C=O) groups is 2. The van der Waals surface area contributed by atoms with Gasteiger partial charge in [-0.05, 0) is 35.7 Å². The summed E-state index contributed by atoms with van der Waals surface area (Å²) in [6.07, 6.45) is -4.54. The topological polar surface area (TPSA) is 106 Å². The monoisotopic (exact) mass is 506 g/mol. The summed E-state index contributed by atoms with van der Waals surface area (Å²) in [5.74, 6) is -0.624. The van der Waals surface area contributed by atoms with Crippen LogP contribution in [-0.2, 0) is 21.6 Å². The van der Waals surface area contributed by atoms with E-state index < -0.39 is 33.8 Å². The van der Waals surface area contributed by atoms with Crippen molar-refractivity contribution in [3.63, 3.8) is 0 Å². The largest absolute Gasteiger partial charge is 0.445 e. The van der Waals surface area contributed by atoms with Gasteiger partial charge in [0.1, 0.15) is 6.61 Å². The average Bonchev–Trinajstić information content (AvgIpc) is 2.83. The fraction of sp³-hybridized carbons (Fsp3) is 0.333. The molecule has 1 saturated heterocycles. The van der Waals surface area contributed by atoms with E-state index in [2.05, 4.69) is 5.32 Å². The Labute approximate surface area is 205 Å². The minimum Gasteiger partial charge on any atom is -0.445 e. The molecule has 1 heterocycles. The second kappa shape index (κ2) is 11.4.